The summed E-state index contributed by atoms with van der Waals surface area (Å²) in [6.45, 7) is 0.124. The van der Waals surface area contributed by atoms with Crippen molar-refractivity contribution in [2.45, 2.75) is 12.5 Å². The number of hydrogen-bond acceptors (Lipinski definition) is 4. The van der Waals surface area contributed by atoms with Gasteiger partial charge in [-0.1, -0.05) is 0 Å². The Hall–Kier alpha value is -2.02. The number of alkyl halides is 1. The van der Waals surface area contributed by atoms with E-state index in [1.807, 2.05) is 11.6 Å². The lowest BCUT2D eigenvalue weighted by molar-refractivity contribution is 0.0723. The zero-order valence-corrected chi connectivity index (χ0v) is 11.2. The fourth-order valence-corrected chi connectivity index (χ4v) is 2.48. The fourth-order valence-electron chi connectivity index (χ4n) is 2.48. The summed E-state index contributed by atoms with van der Waals surface area (Å²) in [6.07, 6.45) is 2.32. The maximum atomic E-state index is 12.5. The standard InChI is InChI=1S/C13H16FN5O/c1-18-7-16-11-4-9-10(17-12(11)18)2-3-19(13(9)20)6-8(15)5-14/h4,7-8H,2-3,5-6,15H2,1H3. The Balaban J connectivity index is 1.96. The highest BCUT2D eigenvalue weighted by Gasteiger charge is 2.27. The molecule has 2 aromatic heterocycles. The van der Waals surface area contributed by atoms with Crippen LogP contribution in [0.25, 0.3) is 11.2 Å². The maximum Gasteiger partial charge on any atom is 0.255 e. The molecule has 0 saturated heterocycles. The van der Waals surface area contributed by atoms with Crippen LogP contribution in [-0.2, 0) is 13.5 Å². The van der Waals surface area contributed by atoms with Crippen molar-refractivity contribution in [3.8, 4) is 0 Å². The Morgan fingerprint density at radius 2 is 2.35 bits per heavy atom. The third kappa shape index (κ3) is 2.03. The van der Waals surface area contributed by atoms with Crippen LogP contribution in [-0.4, -0.2) is 51.1 Å². The van der Waals surface area contributed by atoms with Crippen molar-refractivity contribution in [1.82, 2.24) is 19.4 Å². The Labute approximate surface area is 115 Å². The summed E-state index contributed by atoms with van der Waals surface area (Å²) >= 11 is 0. The lowest BCUT2D eigenvalue weighted by atomic mass is 10.0. The van der Waals surface area contributed by atoms with Crippen molar-refractivity contribution in [2.75, 3.05) is 19.8 Å². The number of nitrogens with two attached hydrogens (primary N) is 1. The molecule has 1 atom stereocenters. The van der Waals surface area contributed by atoms with Crippen LogP contribution >= 0.6 is 0 Å². The van der Waals surface area contributed by atoms with Gasteiger partial charge >= 0.3 is 0 Å². The Kier molecular flexibility index (Phi) is 3.13. The molecule has 0 spiro atoms. The van der Waals surface area contributed by atoms with Crippen LogP contribution in [0.3, 0.4) is 0 Å². The molecule has 7 heteroatoms. The van der Waals surface area contributed by atoms with Gasteiger partial charge in [0.25, 0.3) is 5.91 Å². The van der Waals surface area contributed by atoms with Crippen LogP contribution in [0.5, 0.6) is 0 Å². The van der Waals surface area contributed by atoms with Gasteiger partial charge in [-0.05, 0) is 6.07 Å². The van der Waals surface area contributed by atoms with Crippen molar-refractivity contribution < 1.29 is 9.18 Å². The minimum atomic E-state index is -0.632. The molecule has 2 N–H and O–H groups in total. The van der Waals surface area contributed by atoms with Crippen LogP contribution < -0.4 is 5.73 Å². The minimum absolute atomic E-state index is 0.143. The Morgan fingerprint density at radius 1 is 1.55 bits per heavy atom. The van der Waals surface area contributed by atoms with Gasteiger partial charge in [-0.3, -0.25) is 4.79 Å². The first-order chi connectivity index (χ1) is 9.60. The summed E-state index contributed by atoms with van der Waals surface area (Å²) in [6, 6.07) is 1.12. The molecular formula is C13H16FN5O. The molecule has 20 heavy (non-hydrogen) atoms. The lowest BCUT2D eigenvalue weighted by Gasteiger charge is -2.29. The number of hydrogen-bond donors (Lipinski definition) is 1. The van der Waals surface area contributed by atoms with Crippen LogP contribution in [0.15, 0.2) is 12.4 Å². The molecule has 2 aromatic rings. The van der Waals surface area contributed by atoms with Gasteiger partial charge in [0, 0.05) is 26.6 Å². The molecule has 1 aliphatic rings. The van der Waals surface area contributed by atoms with Crippen LogP contribution in [0.4, 0.5) is 4.39 Å². The number of amides is 1. The number of carbonyl (C=O) groups excluding carboxylic acids is 1. The van der Waals surface area contributed by atoms with Gasteiger partial charge < -0.3 is 15.2 Å². The van der Waals surface area contributed by atoms with Gasteiger partial charge in [-0.25, -0.2) is 14.4 Å². The molecular weight excluding hydrogens is 261 g/mol. The molecule has 1 amide bonds. The van der Waals surface area contributed by atoms with Gasteiger partial charge in [-0.2, -0.15) is 0 Å². The molecule has 0 fully saturated rings. The highest BCUT2D eigenvalue weighted by atomic mass is 19.1. The van der Waals surface area contributed by atoms with E-state index in [0.717, 1.165) is 11.3 Å². The predicted molar refractivity (Wildman–Crippen MR) is 72.1 cm³/mol. The first kappa shape index (κ1) is 13.0. The molecule has 3 rings (SSSR count). The van der Waals surface area contributed by atoms with Gasteiger partial charge in [0.1, 0.15) is 12.2 Å². The van der Waals surface area contributed by atoms with Gasteiger partial charge in [0.15, 0.2) is 5.65 Å². The van der Waals surface area contributed by atoms with Crippen LogP contribution in [0, 0.1) is 0 Å². The zero-order valence-electron chi connectivity index (χ0n) is 11.2. The first-order valence-corrected chi connectivity index (χ1v) is 6.52. The van der Waals surface area contributed by atoms with Crippen molar-refractivity contribution in [2.24, 2.45) is 12.8 Å². The lowest BCUT2D eigenvalue weighted by Crippen LogP contribution is -2.45. The SMILES string of the molecule is Cn1cnc2cc3c(nc21)CCN(CC(N)CF)C3=O. The molecule has 0 bridgehead atoms. The van der Waals surface area contributed by atoms with E-state index in [1.165, 1.54) is 0 Å². The third-order valence-corrected chi connectivity index (χ3v) is 3.56. The number of carbonyl (C=O) groups is 1. The summed E-state index contributed by atoms with van der Waals surface area (Å²) in [4.78, 5) is 22.7. The minimum Gasteiger partial charge on any atom is -0.337 e. The number of fused-ring (bicyclic) bond motifs is 2. The van der Waals surface area contributed by atoms with E-state index in [0.29, 0.717) is 24.0 Å². The smallest absolute Gasteiger partial charge is 0.255 e. The zero-order chi connectivity index (χ0) is 14.3. The van der Waals surface area contributed by atoms with Crippen LogP contribution in [0.2, 0.25) is 0 Å². The summed E-state index contributed by atoms with van der Waals surface area (Å²) in [5.74, 6) is -0.143. The van der Waals surface area contributed by atoms with Gasteiger partial charge in [0.05, 0.1) is 23.6 Å². The number of halogens is 1. The van der Waals surface area contributed by atoms with E-state index >= 15 is 0 Å². The average Bonchev–Trinajstić information content (AvgIpc) is 2.81. The third-order valence-electron chi connectivity index (χ3n) is 3.56. The van der Waals surface area contributed by atoms with Gasteiger partial charge in [0.2, 0.25) is 0 Å². The molecule has 0 radical (unpaired) electrons. The summed E-state index contributed by atoms with van der Waals surface area (Å²) in [7, 11) is 1.87. The summed E-state index contributed by atoms with van der Waals surface area (Å²) in [5, 5.41) is 0. The second-order valence-corrected chi connectivity index (χ2v) is 5.10. The van der Waals surface area contributed by atoms with E-state index in [9.17, 15) is 9.18 Å². The molecule has 6 nitrogen and oxygen atoms in total. The highest BCUT2D eigenvalue weighted by molar-refractivity contribution is 5.98. The molecule has 106 valence electrons. The van der Waals surface area contributed by atoms with Gasteiger partial charge in [-0.15, -0.1) is 0 Å². The van der Waals surface area contributed by atoms with E-state index in [1.54, 1.807) is 17.3 Å². The van der Waals surface area contributed by atoms with Crippen molar-refractivity contribution in [3.05, 3.63) is 23.7 Å². The Morgan fingerprint density at radius 3 is 3.10 bits per heavy atom. The number of aromatic nitrogens is 3. The van der Waals surface area contributed by atoms with E-state index < -0.39 is 12.7 Å². The molecule has 1 aliphatic heterocycles. The second-order valence-electron chi connectivity index (χ2n) is 5.10. The van der Waals surface area contributed by atoms with Crippen molar-refractivity contribution in [1.29, 1.82) is 0 Å². The van der Waals surface area contributed by atoms with E-state index in [-0.39, 0.29) is 12.5 Å². The molecule has 0 saturated carbocycles. The maximum absolute atomic E-state index is 12.5. The molecule has 0 aliphatic carbocycles. The largest absolute Gasteiger partial charge is 0.337 e. The number of rotatable bonds is 3. The fraction of sp³-hybridized carbons (Fsp3) is 0.462. The topological polar surface area (TPSA) is 77.0 Å². The average molecular weight is 277 g/mol. The molecule has 1 unspecified atom stereocenters. The Bertz CT molecular complexity index is 668. The van der Waals surface area contributed by atoms with E-state index in [4.69, 9.17) is 5.73 Å². The summed E-state index contributed by atoms with van der Waals surface area (Å²) < 4.78 is 14.3. The second kappa shape index (κ2) is 4.82. The number of aryl methyl sites for hydroxylation is 1. The number of pyridine rings is 1. The quantitative estimate of drug-likeness (QED) is 0.873. The normalized spacial score (nSPS) is 16.6. The number of nitrogens with zero attached hydrogens (tertiary/aromatic N) is 4. The monoisotopic (exact) mass is 277 g/mol. The summed E-state index contributed by atoms with van der Waals surface area (Å²) in [5.41, 5.74) is 8.36. The molecule has 3 heterocycles. The molecule has 0 aromatic carbocycles. The number of imidazole rings is 1. The van der Waals surface area contributed by atoms with Crippen molar-refractivity contribution in [3.63, 3.8) is 0 Å². The van der Waals surface area contributed by atoms with Crippen molar-refractivity contribution >= 4 is 17.1 Å². The van der Waals surface area contributed by atoms with Crippen LogP contribution in [0.1, 0.15) is 16.1 Å². The first-order valence-electron chi connectivity index (χ1n) is 6.52. The van der Waals surface area contributed by atoms with E-state index in [2.05, 4.69) is 9.97 Å². The highest BCUT2D eigenvalue weighted by Crippen LogP contribution is 2.21. The predicted octanol–water partition coefficient (Wildman–Crippen LogP) is 0.263.